The van der Waals surface area contributed by atoms with Crippen LogP contribution in [0.2, 0.25) is 0 Å². The van der Waals surface area contributed by atoms with Crippen molar-refractivity contribution in [3.63, 3.8) is 0 Å². The van der Waals surface area contributed by atoms with Gasteiger partial charge in [0.15, 0.2) is 0 Å². The molecule has 2 N–H and O–H groups in total. The van der Waals surface area contributed by atoms with Crippen molar-refractivity contribution >= 4 is 11.6 Å². The van der Waals surface area contributed by atoms with Gasteiger partial charge in [-0.1, -0.05) is 6.92 Å². The number of pyridine rings is 1. The first-order chi connectivity index (χ1) is 9.33. The van der Waals surface area contributed by atoms with E-state index in [4.69, 9.17) is 0 Å². The highest BCUT2D eigenvalue weighted by atomic mass is 16.3. The molecule has 0 radical (unpaired) electrons. The molecule has 112 valence electrons. The van der Waals surface area contributed by atoms with Crippen LogP contribution in [-0.2, 0) is 0 Å². The van der Waals surface area contributed by atoms with Crippen LogP contribution >= 0.6 is 0 Å². The molecular weight excluding hydrogens is 254 g/mol. The van der Waals surface area contributed by atoms with Gasteiger partial charge >= 0.3 is 0 Å². The summed E-state index contributed by atoms with van der Waals surface area (Å²) >= 11 is 0. The molecule has 1 rings (SSSR count). The van der Waals surface area contributed by atoms with Crippen molar-refractivity contribution in [2.75, 3.05) is 25.5 Å². The predicted molar refractivity (Wildman–Crippen MR) is 81.0 cm³/mol. The molecule has 0 fully saturated rings. The number of nitrogens with one attached hydrogen (secondary N) is 1. The van der Waals surface area contributed by atoms with Crippen LogP contribution in [0.1, 0.15) is 43.2 Å². The van der Waals surface area contributed by atoms with E-state index in [0.717, 1.165) is 24.3 Å². The second-order valence-electron chi connectivity index (χ2n) is 5.63. The first-order valence-electron chi connectivity index (χ1n) is 6.93. The van der Waals surface area contributed by atoms with Gasteiger partial charge in [0.05, 0.1) is 23.4 Å². The zero-order valence-electron chi connectivity index (χ0n) is 13.0. The van der Waals surface area contributed by atoms with Crippen LogP contribution in [-0.4, -0.2) is 46.6 Å². The van der Waals surface area contributed by atoms with Crippen molar-refractivity contribution in [1.82, 2.24) is 9.88 Å². The molecule has 1 aromatic heterocycles. The van der Waals surface area contributed by atoms with E-state index in [2.05, 4.69) is 17.2 Å². The van der Waals surface area contributed by atoms with Crippen LogP contribution < -0.4 is 5.32 Å². The van der Waals surface area contributed by atoms with Crippen molar-refractivity contribution in [3.05, 3.63) is 23.5 Å². The average Bonchev–Trinajstić information content (AvgIpc) is 2.43. The fourth-order valence-corrected chi connectivity index (χ4v) is 1.70. The molecule has 20 heavy (non-hydrogen) atoms. The molecule has 0 bridgehead atoms. The van der Waals surface area contributed by atoms with Crippen LogP contribution in [0.25, 0.3) is 0 Å². The lowest BCUT2D eigenvalue weighted by molar-refractivity contribution is 0.0473. The molecule has 0 aliphatic heterocycles. The molecule has 5 nitrogen and oxygen atoms in total. The topological polar surface area (TPSA) is 65.5 Å². The minimum Gasteiger partial charge on any atom is -0.394 e. The van der Waals surface area contributed by atoms with Gasteiger partial charge in [-0.05, 0) is 33.3 Å². The number of amides is 1. The van der Waals surface area contributed by atoms with E-state index in [1.165, 1.54) is 0 Å². The molecule has 0 saturated heterocycles. The Labute approximate surface area is 121 Å². The van der Waals surface area contributed by atoms with Gasteiger partial charge in [-0.3, -0.25) is 9.78 Å². The van der Waals surface area contributed by atoms with E-state index in [1.54, 1.807) is 18.1 Å². The second kappa shape index (κ2) is 6.70. The summed E-state index contributed by atoms with van der Waals surface area (Å²) < 4.78 is 0. The maximum atomic E-state index is 12.6. The van der Waals surface area contributed by atoms with Crippen molar-refractivity contribution < 1.29 is 9.90 Å². The number of hydrogen-bond donors (Lipinski definition) is 2. The fourth-order valence-electron chi connectivity index (χ4n) is 1.70. The van der Waals surface area contributed by atoms with Crippen LogP contribution in [0.3, 0.4) is 0 Å². The number of rotatable bonds is 6. The van der Waals surface area contributed by atoms with Gasteiger partial charge in [-0.25, -0.2) is 0 Å². The van der Waals surface area contributed by atoms with E-state index in [1.807, 2.05) is 26.8 Å². The Morgan fingerprint density at radius 3 is 2.70 bits per heavy atom. The maximum absolute atomic E-state index is 12.6. The minimum absolute atomic E-state index is 0.0910. The third kappa shape index (κ3) is 3.70. The SMILES string of the molecule is CCCNc1cc(C)ncc1C(=O)N(C)C(C)(C)CO. The van der Waals surface area contributed by atoms with Crippen LogP contribution in [0, 0.1) is 6.92 Å². The number of carbonyl (C=O) groups excluding carboxylic acids is 1. The first-order valence-corrected chi connectivity index (χ1v) is 6.93. The quantitative estimate of drug-likeness (QED) is 0.836. The van der Waals surface area contributed by atoms with E-state index in [9.17, 15) is 9.90 Å². The number of anilines is 1. The van der Waals surface area contributed by atoms with Gasteiger partial charge in [0.25, 0.3) is 5.91 Å². The zero-order valence-corrected chi connectivity index (χ0v) is 13.0. The predicted octanol–water partition coefficient (Wildman–Crippen LogP) is 2.05. The van der Waals surface area contributed by atoms with Gasteiger partial charge in [0.2, 0.25) is 0 Å². The number of hydrogen-bond acceptors (Lipinski definition) is 4. The van der Waals surface area contributed by atoms with Gasteiger partial charge in [0.1, 0.15) is 0 Å². The summed E-state index contributed by atoms with van der Waals surface area (Å²) in [5, 5.41) is 12.6. The fraction of sp³-hybridized carbons (Fsp3) is 0.600. The first kappa shape index (κ1) is 16.4. The third-order valence-electron chi connectivity index (χ3n) is 3.44. The number of aromatic nitrogens is 1. The summed E-state index contributed by atoms with van der Waals surface area (Å²) in [6.45, 7) is 8.33. The number of nitrogens with zero attached hydrogens (tertiary/aromatic N) is 2. The minimum atomic E-state index is -0.607. The third-order valence-corrected chi connectivity index (χ3v) is 3.44. The van der Waals surface area contributed by atoms with Crippen molar-refractivity contribution in [2.45, 2.75) is 39.7 Å². The van der Waals surface area contributed by atoms with Crippen molar-refractivity contribution in [3.8, 4) is 0 Å². The Morgan fingerprint density at radius 1 is 1.50 bits per heavy atom. The lowest BCUT2D eigenvalue weighted by atomic mass is 10.0. The Kier molecular flexibility index (Phi) is 5.51. The number of aliphatic hydroxyl groups excluding tert-OH is 1. The number of aliphatic hydroxyl groups is 1. The normalized spacial score (nSPS) is 11.3. The summed E-state index contributed by atoms with van der Waals surface area (Å²) in [7, 11) is 1.70. The number of carbonyl (C=O) groups is 1. The molecule has 0 saturated carbocycles. The molecule has 0 unspecified atom stereocenters. The summed E-state index contributed by atoms with van der Waals surface area (Å²) in [4.78, 5) is 18.3. The summed E-state index contributed by atoms with van der Waals surface area (Å²) in [6, 6.07) is 1.88. The largest absolute Gasteiger partial charge is 0.394 e. The Balaban J connectivity index is 3.08. The van der Waals surface area contributed by atoms with Crippen molar-refractivity contribution in [2.24, 2.45) is 0 Å². The van der Waals surface area contributed by atoms with Crippen LogP contribution in [0.15, 0.2) is 12.3 Å². The van der Waals surface area contributed by atoms with Gasteiger partial charge in [0, 0.05) is 25.5 Å². The molecule has 0 aliphatic rings. The molecule has 0 spiro atoms. The number of aryl methyl sites for hydroxylation is 1. The van der Waals surface area contributed by atoms with E-state index >= 15 is 0 Å². The zero-order chi connectivity index (χ0) is 15.3. The lowest BCUT2D eigenvalue weighted by Gasteiger charge is -2.34. The van der Waals surface area contributed by atoms with Gasteiger partial charge in [-0.15, -0.1) is 0 Å². The monoisotopic (exact) mass is 279 g/mol. The highest BCUT2D eigenvalue weighted by Crippen LogP contribution is 2.21. The molecule has 1 aromatic rings. The van der Waals surface area contributed by atoms with E-state index < -0.39 is 5.54 Å². The number of likely N-dealkylation sites (N-methyl/N-ethyl adjacent to an activating group) is 1. The van der Waals surface area contributed by atoms with Crippen molar-refractivity contribution in [1.29, 1.82) is 0 Å². The molecular formula is C15H25N3O2. The Bertz CT molecular complexity index is 472. The molecule has 0 aromatic carbocycles. The van der Waals surface area contributed by atoms with Gasteiger partial charge in [-0.2, -0.15) is 0 Å². The van der Waals surface area contributed by atoms with E-state index in [-0.39, 0.29) is 12.5 Å². The molecule has 1 amide bonds. The molecule has 0 atom stereocenters. The maximum Gasteiger partial charge on any atom is 0.257 e. The summed E-state index contributed by atoms with van der Waals surface area (Å²) in [5.74, 6) is -0.143. The standard InChI is InChI=1S/C15H25N3O2/c1-6-7-16-13-8-11(2)17-9-12(13)14(20)18(5)15(3,4)10-19/h8-9,19H,6-7,10H2,1-5H3,(H,16,17). The highest BCUT2D eigenvalue weighted by molar-refractivity contribution is 5.99. The van der Waals surface area contributed by atoms with Crippen LogP contribution in [0.4, 0.5) is 5.69 Å². The summed E-state index contributed by atoms with van der Waals surface area (Å²) in [6.07, 6.45) is 2.58. The van der Waals surface area contributed by atoms with Gasteiger partial charge < -0.3 is 15.3 Å². The highest BCUT2D eigenvalue weighted by Gasteiger charge is 2.29. The Morgan fingerprint density at radius 2 is 2.15 bits per heavy atom. The summed E-state index contributed by atoms with van der Waals surface area (Å²) in [5.41, 5.74) is 1.59. The molecule has 5 heteroatoms. The smallest absolute Gasteiger partial charge is 0.257 e. The average molecular weight is 279 g/mol. The van der Waals surface area contributed by atoms with E-state index in [0.29, 0.717) is 5.56 Å². The molecule has 0 aliphatic carbocycles. The Hall–Kier alpha value is -1.62. The van der Waals surface area contributed by atoms with Crippen LogP contribution in [0.5, 0.6) is 0 Å². The second-order valence-corrected chi connectivity index (χ2v) is 5.63. The lowest BCUT2D eigenvalue weighted by Crippen LogP contribution is -2.47. The molecule has 1 heterocycles.